The quantitative estimate of drug-likeness (QED) is 0.737. The molecule has 1 atom stereocenters. The maximum atomic E-state index is 10.8. The van der Waals surface area contributed by atoms with Crippen LogP contribution in [0.15, 0.2) is 22.6 Å². The van der Waals surface area contributed by atoms with Gasteiger partial charge in [-0.1, -0.05) is 12.1 Å². The summed E-state index contributed by atoms with van der Waals surface area (Å²) in [7, 11) is 0. The lowest BCUT2D eigenvalue weighted by molar-refractivity contribution is 0.565. The minimum Gasteiger partial charge on any atom is -0.342 e. The average Bonchev–Trinajstić information content (AvgIpc) is 2.38. The van der Waals surface area contributed by atoms with Crippen molar-refractivity contribution in [3.8, 4) is 0 Å². The number of nitrogens with one attached hydrogen (secondary N) is 1. The van der Waals surface area contributed by atoms with Gasteiger partial charge < -0.3 is 5.32 Å². The van der Waals surface area contributed by atoms with Crippen LogP contribution in [0.5, 0.6) is 0 Å². The molecule has 5 heteroatoms. The number of rotatable bonds is 1. The molecule has 1 unspecified atom stereocenters. The molecule has 2 N–H and O–H groups in total. The molecule has 0 bridgehead atoms. The van der Waals surface area contributed by atoms with E-state index in [0.717, 1.165) is 16.8 Å². The molecule has 86 valence electrons. The molecule has 1 aromatic carbocycles. The van der Waals surface area contributed by atoms with Gasteiger partial charge in [0.05, 0.1) is 5.41 Å². The molecule has 1 heterocycles. The van der Waals surface area contributed by atoms with Gasteiger partial charge in [-0.3, -0.25) is 4.55 Å². The van der Waals surface area contributed by atoms with Gasteiger partial charge >= 0.3 is 0 Å². The van der Waals surface area contributed by atoms with Crippen LogP contribution in [-0.2, 0) is 16.7 Å². The molecule has 0 amide bonds. The number of fused-ring (bicyclic) bond motifs is 1. The zero-order valence-corrected chi connectivity index (χ0v) is 10.3. The van der Waals surface area contributed by atoms with Crippen LogP contribution in [0.2, 0.25) is 0 Å². The first kappa shape index (κ1) is 11.3. The summed E-state index contributed by atoms with van der Waals surface area (Å²) >= 11 is -2.17. The molecule has 1 aliphatic rings. The highest BCUT2D eigenvalue weighted by molar-refractivity contribution is 7.78. The van der Waals surface area contributed by atoms with E-state index >= 15 is 0 Å². The number of aryl methyl sites for hydroxylation is 1. The minimum absolute atomic E-state index is 0.348. The SMILES string of the molecule is Cc1cccc2c1C(C)(C)C(=NS(=O)O)N2. The Kier molecular flexibility index (Phi) is 2.59. The Morgan fingerprint density at radius 3 is 2.69 bits per heavy atom. The first-order valence-electron chi connectivity index (χ1n) is 5.00. The largest absolute Gasteiger partial charge is 0.342 e. The van der Waals surface area contributed by atoms with Gasteiger partial charge in [0.15, 0.2) is 0 Å². The summed E-state index contributed by atoms with van der Waals surface area (Å²) in [5.74, 6) is 0.539. The molecule has 1 aliphatic heterocycles. The predicted octanol–water partition coefficient (Wildman–Crippen LogP) is 2.23. The van der Waals surface area contributed by atoms with Crippen molar-refractivity contribution in [2.45, 2.75) is 26.2 Å². The fourth-order valence-corrected chi connectivity index (χ4v) is 2.65. The average molecular weight is 238 g/mol. The molecule has 0 saturated heterocycles. The maximum Gasteiger partial charge on any atom is 0.283 e. The molecule has 0 saturated carbocycles. The summed E-state index contributed by atoms with van der Waals surface area (Å²) < 4.78 is 23.3. The van der Waals surface area contributed by atoms with Crippen LogP contribution in [0, 0.1) is 6.92 Å². The molecule has 4 nitrogen and oxygen atoms in total. The molecule has 1 aromatic rings. The number of hydrogen-bond donors (Lipinski definition) is 2. The van der Waals surface area contributed by atoms with E-state index in [1.54, 1.807) is 0 Å². The third kappa shape index (κ3) is 1.66. The van der Waals surface area contributed by atoms with E-state index in [4.69, 9.17) is 4.55 Å². The summed E-state index contributed by atoms with van der Waals surface area (Å²) in [5.41, 5.74) is 2.91. The number of anilines is 1. The molecule has 0 fully saturated rings. The van der Waals surface area contributed by atoms with Crippen LogP contribution in [0.4, 0.5) is 5.69 Å². The molecular weight excluding hydrogens is 224 g/mol. The molecule has 0 aromatic heterocycles. The monoisotopic (exact) mass is 238 g/mol. The van der Waals surface area contributed by atoms with Crippen LogP contribution in [-0.4, -0.2) is 14.6 Å². The first-order valence-corrected chi connectivity index (χ1v) is 6.06. The van der Waals surface area contributed by atoms with Gasteiger partial charge in [0.25, 0.3) is 11.3 Å². The highest BCUT2D eigenvalue weighted by atomic mass is 32.2. The summed E-state index contributed by atoms with van der Waals surface area (Å²) in [6.45, 7) is 6.01. The molecule has 16 heavy (non-hydrogen) atoms. The van der Waals surface area contributed by atoms with E-state index < -0.39 is 11.3 Å². The zero-order chi connectivity index (χ0) is 11.9. The van der Waals surface area contributed by atoms with E-state index in [0.29, 0.717) is 5.84 Å². The first-order chi connectivity index (χ1) is 7.43. The highest BCUT2D eigenvalue weighted by Crippen LogP contribution is 2.39. The standard InChI is InChI=1S/C11H14N2O2S/c1-7-5-4-6-8-9(7)11(2,3)10(12-8)13-16(14)15/h4-6H,1-3H3,(H,12,13)(H,14,15). The number of amidine groups is 1. The Morgan fingerprint density at radius 2 is 2.12 bits per heavy atom. The Balaban J connectivity index is 2.59. The van der Waals surface area contributed by atoms with Crippen LogP contribution < -0.4 is 5.32 Å². The van der Waals surface area contributed by atoms with E-state index in [1.165, 1.54) is 0 Å². The Hall–Kier alpha value is -1.20. The molecular formula is C11H14N2O2S. The highest BCUT2D eigenvalue weighted by Gasteiger charge is 2.37. The summed E-state index contributed by atoms with van der Waals surface area (Å²) in [5, 5.41) is 3.09. The van der Waals surface area contributed by atoms with E-state index in [-0.39, 0.29) is 5.41 Å². The van der Waals surface area contributed by atoms with Crippen molar-refractivity contribution in [3.63, 3.8) is 0 Å². The third-order valence-electron chi connectivity index (χ3n) is 2.91. The van der Waals surface area contributed by atoms with Crippen molar-refractivity contribution in [2.24, 2.45) is 4.40 Å². The van der Waals surface area contributed by atoms with E-state index in [9.17, 15) is 4.21 Å². The topological polar surface area (TPSA) is 61.7 Å². The lowest BCUT2D eigenvalue weighted by atomic mass is 9.83. The predicted molar refractivity (Wildman–Crippen MR) is 66.0 cm³/mol. The zero-order valence-electron chi connectivity index (χ0n) is 9.44. The van der Waals surface area contributed by atoms with Crippen LogP contribution in [0.25, 0.3) is 0 Å². The normalized spacial score (nSPS) is 21.6. The lowest BCUT2D eigenvalue weighted by Gasteiger charge is -2.19. The Morgan fingerprint density at radius 1 is 1.44 bits per heavy atom. The summed E-state index contributed by atoms with van der Waals surface area (Å²) in [4.78, 5) is 0. The van der Waals surface area contributed by atoms with Gasteiger partial charge in [0.1, 0.15) is 5.84 Å². The number of hydrogen-bond acceptors (Lipinski definition) is 1. The van der Waals surface area contributed by atoms with Crippen LogP contribution in [0.1, 0.15) is 25.0 Å². The summed E-state index contributed by atoms with van der Waals surface area (Å²) in [6, 6.07) is 5.93. The van der Waals surface area contributed by atoms with Gasteiger partial charge in [0, 0.05) is 5.69 Å². The molecule has 0 aliphatic carbocycles. The summed E-state index contributed by atoms with van der Waals surface area (Å²) in [6.07, 6.45) is 0. The van der Waals surface area contributed by atoms with Gasteiger partial charge in [-0.15, -0.1) is 4.40 Å². The van der Waals surface area contributed by atoms with Crippen molar-refractivity contribution in [1.29, 1.82) is 0 Å². The van der Waals surface area contributed by atoms with Gasteiger partial charge in [-0.25, -0.2) is 4.21 Å². The number of benzene rings is 1. The molecule has 2 rings (SSSR count). The van der Waals surface area contributed by atoms with Gasteiger partial charge in [-0.05, 0) is 38.0 Å². The van der Waals surface area contributed by atoms with E-state index in [1.807, 2.05) is 39.0 Å². The van der Waals surface area contributed by atoms with Crippen molar-refractivity contribution >= 4 is 22.8 Å². The number of nitrogens with zero attached hydrogens (tertiary/aromatic N) is 1. The Bertz CT molecular complexity index is 495. The molecule has 0 radical (unpaired) electrons. The second kappa shape index (κ2) is 3.68. The fourth-order valence-electron chi connectivity index (χ4n) is 2.22. The second-order valence-corrected chi connectivity index (χ2v) is 5.06. The van der Waals surface area contributed by atoms with Crippen molar-refractivity contribution < 1.29 is 8.76 Å². The second-order valence-electron chi connectivity index (χ2n) is 4.42. The van der Waals surface area contributed by atoms with Crippen LogP contribution >= 0.6 is 0 Å². The lowest BCUT2D eigenvalue weighted by Crippen LogP contribution is -2.28. The van der Waals surface area contributed by atoms with Gasteiger partial charge in [0.2, 0.25) is 0 Å². The van der Waals surface area contributed by atoms with Crippen molar-refractivity contribution in [2.75, 3.05) is 5.32 Å². The van der Waals surface area contributed by atoms with E-state index in [2.05, 4.69) is 9.71 Å². The smallest absolute Gasteiger partial charge is 0.283 e. The third-order valence-corrected chi connectivity index (χ3v) is 3.25. The maximum absolute atomic E-state index is 10.8. The van der Waals surface area contributed by atoms with Crippen molar-refractivity contribution in [3.05, 3.63) is 29.3 Å². The molecule has 0 spiro atoms. The minimum atomic E-state index is -2.17. The Labute approximate surface area is 97.2 Å². The fraction of sp³-hybridized carbons (Fsp3) is 0.364. The van der Waals surface area contributed by atoms with Gasteiger partial charge in [-0.2, -0.15) is 0 Å². The van der Waals surface area contributed by atoms with Crippen molar-refractivity contribution in [1.82, 2.24) is 0 Å². The van der Waals surface area contributed by atoms with Crippen LogP contribution in [0.3, 0.4) is 0 Å².